The van der Waals surface area contributed by atoms with Crippen LogP contribution in [0.4, 0.5) is 0 Å². The van der Waals surface area contributed by atoms with Crippen LogP contribution in [0.2, 0.25) is 0 Å². The number of carbonyl (C=O) groups excluding carboxylic acids is 2. The second-order valence-corrected chi connectivity index (χ2v) is 10.7. The first-order valence-electron chi connectivity index (χ1n) is 13.2. The molecule has 1 aromatic carbocycles. The molecule has 0 saturated heterocycles. The molecule has 0 aliphatic heterocycles. The van der Waals surface area contributed by atoms with E-state index >= 15 is 0 Å². The van der Waals surface area contributed by atoms with Crippen LogP contribution in [0.5, 0.6) is 5.75 Å². The van der Waals surface area contributed by atoms with Crippen LogP contribution in [0.25, 0.3) is 0 Å². The molecule has 0 saturated carbocycles. The van der Waals surface area contributed by atoms with Gasteiger partial charge in [0, 0.05) is 0 Å². The van der Waals surface area contributed by atoms with Crippen LogP contribution >= 0.6 is 0 Å². The first kappa shape index (κ1) is 39.5. The molecule has 1 rings (SSSR count). The Kier molecular flexibility index (Phi) is 22.4. The van der Waals surface area contributed by atoms with E-state index in [-0.39, 0.29) is 65.9 Å². The fourth-order valence-electron chi connectivity index (χ4n) is 3.47. The maximum atomic E-state index is 12.1. The standard InChI is InChI=1S/C20H38O7S.C7H6O3.Na/c1-5-9-11-16(7-3)14-26-19(21)13-18(28(23,24)25)20(22)27-15-17(8-4)12-10-6-2;8-6-4-2-1-3-5(6)7(9)10;/h16-18H,5-15H2,1-4H3,(H,23,24,25);1-4,8H,(H,9,10);/q;;+1/p-1. The van der Waals surface area contributed by atoms with E-state index in [0.29, 0.717) is 0 Å². The topological polar surface area (TPSA) is 167 Å². The molecule has 0 aliphatic carbocycles. The van der Waals surface area contributed by atoms with Crippen molar-refractivity contribution in [3.8, 4) is 5.75 Å². The van der Waals surface area contributed by atoms with Crippen LogP contribution in [0.15, 0.2) is 24.3 Å². The van der Waals surface area contributed by atoms with Gasteiger partial charge >= 0.3 is 47.5 Å². The molecular weight excluding hydrogens is 539 g/mol. The second kappa shape index (κ2) is 22.1. The van der Waals surface area contributed by atoms with Gasteiger partial charge in [-0.3, -0.25) is 9.59 Å². The Bertz CT molecular complexity index is 952. The quantitative estimate of drug-likeness (QED) is 0.157. The number of esters is 2. The summed E-state index contributed by atoms with van der Waals surface area (Å²) in [5.74, 6) is -3.06. The van der Waals surface area contributed by atoms with Crippen molar-refractivity contribution in [1.29, 1.82) is 0 Å². The number of aromatic hydroxyl groups is 1. The van der Waals surface area contributed by atoms with Gasteiger partial charge in [-0.15, -0.1) is 0 Å². The molecule has 0 aromatic heterocycles. The van der Waals surface area contributed by atoms with Crippen molar-refractivity contribution in [3.63, 3.8) is 0 Å². The van der Waals surface area contributed by atoms with Crippen LogP contribution in [0.3, 0.4) is 0 Å². The number of benzene rings is 1. The van der Waals surface area contributed by atoms with Crippen LogP contribution < -0.4 is 29.6 Å². The van der Waals surface area contributed by atoms with Gasteiger partial charge in [0.25, 0.3) is 0 Å². The number of carboxylic acids is 1. The van der Waals surface area contributed by atoms with Gasteiger partial charge in [0.15, 0.2) is 5.25 Å². The van der Waals surface area contributed by atoms with Gasteiger partial charge < -0.3 is 24.2 Å². The van der Waals surface area contributed by atoms with Crippen LogP contribution in [0.1, 0.15) is 95.8 Å². The summed E-state index contributed by atoms with van der Waals surface area (Å²) in [5.41, 5.74) is -0.0671. The number of carboxylic acid groups (broad SMARTS) is 1. The van der Waals surface area contributed by atoms with Crippen molar-refractivity contribution in [1.82, 2.24) is 0 Å². The molecule has 0 fully saturated rings. The van der Waals surface area contributed by atoms with Crippen molar-refractivity contribution in [2.24, 2.45) is 11.8 Å². The smallest absolute Gasteiger partial charge is 0.747 e. The predicted molar refractivity (Wildman–Crippen MR) is 142 cm³/mol. The third-order valence-electron chi connectivity index (χ3n) is 6.13. The molecule has 10 nitrogen and oxygen atoms in total. The number of para-hydroxylation sites is 1. The van der Waals surface area contributed by atoms with E-state index in [1.54, 1.807) is 12.1 Å². The number of rotatable bonds is 17. The average molecular weight is 583 g/mol. The SMILES string of the molecule is CCCCC(CC)COC(=O)CC(C(=O)OCC(CC)CCCC)S(=O)(=O)[O-].O=C(O)c1ccccc1O.[Na+]. The minimum absolute atomic E-state index is 0. The van der Waals surface area contributed by atoms with E-state index in [1.165, 1.54) is 12.1 Å². The fourth-order valence-corrected chi connectivity index (χ4v) is 4.11. The van der Waals surface area contributed by atoms with Crippen LogP contribution in [-0.2, 0) is 29.2 Å². The Morgan fingerprint density at radius 2 is 1.38 bits per heavy atom. The largest absolute Gasteiger partial charge is 1.00 e. The average Bonchev–Trinajstić information content (AvgIpc) is 2.87. The first-order chi connectivity index (χ1) is 17.9. The van der Waals surface area contributed by atoms with Crippen molar-refractivity contribution >= 4 is 28.0 Å². The number of carbonyl (C=O) groups is 3. The number of hydrogen-bond donors (Lipinski definition) is 2. The zero-order chi connectivity index (χ0) is 29.1. The van der Waals surface area contributed by atoms with E-state index in [9.17, 15) is 27.4 Å². The van der Waals surface area contributed by atoms with E-state index in [4.69, 9.17) is 19.7 Å². The number of unbranched alkanes of at least 4 members (excludes halogenated alkanes) is 2. The predicted octanol–water partition coefficient (Wildman–Crippen LogP) is 1.90. The molecule has 0 aliphatic rings. The maximum Gasteiger partial charge on any atom is 1.00 e. The number of phenols is 1. The molecule has 1 aromatic rings. The number of aromatic carboxylic acids is 1. The fraction of sp³-hybridized carbons (Fsp3) is 0.667. The molecule has 39 heavy (non-hydrogen) atoms. The van der Waals surface area contributed by atoms with Gasteiger partial charge in [-0.2, -0.15) is 0 Å². The summed E-state index contributed by atoms with van der Waals surface area (Å²) >= 11 is 0. The van der Waals surface area contributed by atoms with Gasteiger partial charge in [-0.05, 0) is 36.8 Å². The minimum Gasteiger partial charge on any atom is -0.747 e. The van der Waals surface area contributed by atoms with Gasteiger partial charge in [-0.25, -0.2) is 13.2 Å². The summed E-state index contributed by atoms with van der Waals surface area (Å²) in [6.45, 7) is 8.26. The third kappa shape index (κ3) is 17.6. The van der Waals surface area contributed by atoms with E-state index in [0.717, 1.165) is 51.4 Å². The summed E-state index contributed by atoms with van der Waals surface area (Å²) in [6.07, 6.45) is 6.58. The molecule has 3 atom stereocenters. The maximum absolute atomic E-state index is 12.1. The van der Waals surface area contributed by atoms with Gasteiger partial charge in [-0.1, -0.05) is 78.4 Å². The number of hydrogen-bond acceptors (Lipinski definition) is 9. The first-order valence-corrected chi connectivity index (χ1v) is 14.7. The number of ether oxygens (including phenoxy) is 2. The van der Waals surface area contributed by atoms with Crippen LogP contribution in [0, 0.1) is 11.8 Å². The zero-order valence-electron chi connectivity index (χ0n) is 23.9. The molecule has 218 valence electrons. The monoisotopic (exact) mass is 582 g/mol. The van der Waals surface area contributed by atoms with E-state index < -0.39 is 39.7 Å². The normalized spacial score (nSPS) is 13.1. The van der Waals surface area contributed by atoms with Gasteiger partial charge in [0.2, 0.25) is 0 Å². The van der Waals surface area contributed by atoms with Crippen LogP contribution in [-0.4, -0.2) is 59.6 Å². The molecular formula is C27H43NaO10S. The van der Waals surface area contributed by atoms with Gasteiger partial charge in [0.05, 0.1) is 19.6 Å². The summed E-state index contributed by atoms with van der Waals surface area (Å²) in [7, 11) is -5.01. The molecule has 0 amide bonds. The molecule has 12 heteroatoms. The Balaban J connectivity index is 0. The second-order valence-electron chi connectivity index (χ2n) is 9.15. The van der Waals surface area contributed by atoms with Crippen molar-refractivity contribution in [3.05, 3.63) is 29.8 Å². The third-order valence-corrected chi connectivity index (χ3v) is 7.18. The summed E-state index contributed by atoms with van der Waals surface area (Å²) in [6, 6.07) is 5.81. The summed E-state index contributed by atoms with van der Waals surface area (Å²) in [4.78, 5) is 34.4. The molecule has 0 radical (unpaired) electrons. The van der Waals surface area contributed by atoms with E-state index in [2.05, 4.69) is 13.8 Å². The molecule has 0 spiro atoms. The zero-order valence-corrected chi connectivity index (χ0v) is 26.7. The van der Waals surface area contributed by atoms with Crippen molar-refractivity contribution in [2.45, 2.75) is 90.7 Å². The van der Waals surface area contributed by atoms with Crippen molar-refractivity contribution in [2.75, 3.05) is 13.2 Å². The molecule has 0 heterocycles. The Labute approximate surface area is 254 Å². The minimum atomic E-state index is -5.01. The molecule has 3 unspecified atom stereocenters. The summed E-state index contributed by atoms with van der Waals surface area (Å²) in [5, 5.41) is 15.2. The van der Waals surface area contributed by atoms with Gasteiger partial charge in [0.1, 0.15) is 21.4 Å². The molecule has 2 N–H and O–H groups in total. The van der Waals surface area contributed by atoms with E-state index in [1.807, 2.05) is 13.8 Å². The molecule has 0 bridgehead atoms. The Morgan fingerprint density at radius 3 is 1.77 bits per heavy atom. The summed E-state index contributed by atoms with van der Waals surface area (Å²) < 4.78 is 44.6. The Hall–Kier alpha value is -1.66. The Morgan fingerprint density at radius 1 is 0.897 bits per heavy atom. The van der Waals surface area contributed by atoms with Crippen molar-refractivity contribution < 1.29 is 76.6 Å².